The van der Waals surface area contributed by atoms with Crippen molar-refractivity contribution in [2.75, 3.05) is 19.8 Å². The third kappa shape index (κ3) is 36.5. The van der Waals surface area contributed by atoms with Crippen LogP contribution in [0.1, 0.15) is 309 Å². The summed E-state index contributed by atoms with van der Waals surface area (Å²) in [6.07, 6.45) is 45.8. The van der Waals surface area contributed by atoms with Gasteiger partial charge in [-0.15, -0.1) is 0 Å². The van der Waals surface area contributed by atoms with E-state index in [1.165, 1.54) is 244 Å². The van der Waals surface area contributed by atoms with Crippen molar-refractivity contribution in [3.63, 3.8) is 0 Å². The predicted octanol–water partition coefficient (Wildman–Crippen LogP) is 13.0. The summed E-state index contributed by atoms with van der Waals surface area (Å²) in [5.41, 5.74) is 0. The van der Waals surface area contributed by atoms with Crippen molar-refractivity contribution in [2.45, 2.75) is 383 Å². The molecule has 14 heteroatoms. The van der Waals surface area contributed by atoms with E-state index in [-0.39, 0.29) is 18.9 Å². The summed E-state index contributed by atoms with van der Waals surface area (Å²) in [6.45, 7) is 2.82. The third-order valence-electron chi connectivity index (χ3n) is 17.0. The zero-order valence-corrected chi connectivity index (χ0v) is 51.4. The molecular formula is C66H127NO13. The van der Waals surface area contributed by atoms with Gasteiger partial charge in [-0.05, 0) is 19.3 Å². The monoisotopic (exact) mass is 1140 g/mol. The topological polar surface area (TPSA) is 228 Å². The number of ether oxygens (including phenoxy) is 4. The van der Waals surface area contributed by atoms with Gasteiger partial charge in [0.15, 0.2) is 12.6 Å². The third-order valence-corrected chi connectivity index (χ3v) is 17.0. The molecule has 0 spiro atoms. The minimum atomic E-state index is -1.79. The summed E-state index contributed by atoms with van der Waals surface area (Å²) in [5, 5.41) is 87.1. The van der Waals surface area contributed by atoms with Crippen LogP contribution in [-0.4, -0.2) is 140 Å². The highest BCUT2D eigenvalue weighted by Crippen LogP contribution is 2.30. The lowest BCUT2D eigenvalue weighted by Crippen LogP contribution is -2.65. The largest absolute Gasteiger partial charge is 0.394 e. The highest BCUT2D eigenvalue weighted by Gasteiger charge is 2.51. The lowest BCUT2D eigenvalue weighted by Gasteiger charge is -2.46. The summed E-state index contributed by atoms with van der Waals surface area (Å²) in [6, 6.07) is -0.909. The average Bonchev–Trinajstić information content (AvgIpc) is 3.46. The highest BCUT2D eigenvalue weighted by molar-refractivity contribution is 5.76. The number of unbranched alkanes of at least 4 members (excludes halogenated alkanes) is 43. The van der Waals surface area contributed by atoms with E-state index < -0.39 is 86.8 Å². The molecule has 0 aliphatic carbocycles. The van der Waals surface area contributed by atoms with Crippen LogP contribution >= 0.6 is 0 Å². The molecule has 2 heterocycles. The zero-order chi connectivity index (χ0) is 58.1. The zero-order valence-electron chi connectivity index (χ0n) is 51.4. The number of aliphatic hydroxyl groups excluding tert-OH is 8. The van der Waals surface area contributed by atoms with Crippen LogP contribution in [0.2, 0.25) is 0 Å². The van der Waals surface area contributed by atoms with E-state index in [2.05, 4.69) is 19.2 Å². The van der Waals surface area contributed by atoms with Crippen LogP contribution in [0, 0.1) is 0 Å². The van der Waals surface area contributed by atoms with Crippen molar-refractivity contribution >= 4 is 5.91 Å². The van der Waals surface area contributed by atoms with E-state index in [0.717, 1.165) is 38.5 Å². The molecule has 0 saturated carbocycles. The van der Waals surface area contributed by atoms with Gasteiger partial charge in [0.25, 0.3) is 0 Å². The second kappa shape index (κ2) is 52.1. The molecule has 0 aromatic rings. The second-order valence-corrected chi connectivity index (χ2v) is 24.3. The molecule has 2 aliphatic heterocycles. The number of aliphatic hydroxyl groups is 8. The fourth-order valence-electron chi connectivity index (χ4n) is 11.5. The maximum Gasteiger partial charge on any atom is 0.220 e. The molecule has 2 aliphatic rings. The number of hydrogen-bond donors (Lipinski definition) is 9. The summed E-state index contributed by atoms with van der Waals surface area (Å²) in [4.78, 5) is 13.3. The Morgan fingerprint density at radius 3 is 1.15 bits per heavy atom. The SMILES string of the molecule is CCCCCCCCCCCC/C=C/[C@@H](O)[C@H](CO[C@@H]1O[C@H](CO)[C@@H](O[C@@H]2O[C@H](CO)[C@H](O)C(O)C2O)C(O)C1O)NC(=O)CCCCCCCCCCCCCCCCCCCCCCCCCCCCCCCCCCCC. The fraction of sp³-hybridized carbons (Fsp3) is 0.955. The van der Waals surface area contributed by atoms with E-state index in [9.17, 15) is 45.6 Å². The molecule has 0 radical (unpaired) electrons. The molecule has 0 aromatic carbocycles. The van der Waals surface area contributed by atoms with Crippen LogP contribution in [0.15, 0.2) is 12.2 Å². The van der Waals surface area contributed by atoms with Crippen molar-refractivity contribution in [3.05, 3.63) is 12.2 Å². The fourth-order valence-corrected chi connectivity index (χ4v) is 11.5. The van der Waals surface area contributed by atoms with E-state index in [4.69, 9.17) is 18.9 Å². The first-order valence-corrected chi connectivity index (χ1v) is 33.9. The Labute approximate surface area is 488 Å². The maximum atomic E-state index is 13.3. The van der Waals surface area contributed by atoms with Gasteiger partial charge in [-0.2, -0.15) is 0 Å². The first kappa shape index (κ1) is 74.8. The molecule has 1 amide bonds. The summed E-state index contributed by atoms with van der Waals surface area (Å²) in [5.74, 6) is -0.233. The smallest absolute Gasteiger partial charge is 0.220 e. The first-order valence-electron chi connectivity index (χ1n) is 33.9. The van der Waals surface area contributed by atoms with Gasteiger partial charge in [0.1, 0.15) is 48.8 Å². The average molecular weight is 1140 g/mol. The molecule has 0 aromatic heterocycles. The van der Waals surface area contributed by atoms with Crippen LogP contribution in [0.5, 0.6) is 0 Å². The van der Waals surface area contributed by atoms with Crippen molar-refractivity contribution in [1.29, 1.82) is 0 Å². The summed E-state index contributed by atoms with van der Waals surface area (Å²) >= 11 is 0. The molecule has 474 valence electrons. The Balaban J connectivity index is 1.58. The van der Waals surface area contributed by atoms with Crippen molar-refractivity contribution in [2.24, 2.45) is 0 Å². The number of hydrogen-bond acceptors (Lipinski definition) is 13. The molecule has 14 nitrogen and oxygen atoms in total. The Hall–Kier alpha value is -1.27. The second-order valence-electron chi connectivity index (χ2n) is 24.3. The minimum absolute atomic E-state index is 0.233. The Bertz CT molecular complexity index is 1390. The number of amides is 1. The van der Waals surface area contributed by atoms with Gasteiger partial charge in [0.05, 0.1) is 32.0 Å². The van der Waals surface area contributed by atoms with E-state index in [1.807, 2.05) is 6.08 Å². The Kier molecular flexibility index (Phi) is 48.7. The molecular weight excluding hydrogens is 1010 g/mol. The number of allylic oxidation sites excluding steroid dienone is 1. The number of rotatable bonds is 56. The molecule has 0 bridgehead atoms. The van der Waals surface area contributed by atoms with Gasteiger partial charge >= 0.3 is 0 Å². The Morgan fingerprint density at radius 2 is 0.775 bits per heavy atom. The maximum absolute atomic E-state index is 13.3. The molecule has 9 N–H and O–H groups in total. The van der Waals surface area contributed by atoms with Gasteiger partial charge in [-0.1, -0.05) is 296 Å². The first-order chi connectivity index (χ1) is 39.1. The van der Waals surface area contributed by atoms with Gasteiger partial charge in [-0.25, -0.2) is 0 Å². The Morgan fingerprint density at radius 1 is 0.438 bits per heavy atom. The van der Waals surface area contributed by atoms with Gasteiger partial charge in [0.2, 0.25) is 5.91 Å². The van der Waals surface area contributed by atoms with E-state index in [0.29, 0.717) is 6.42 Å². The lowest BCUT2D eigenvalue weighted by molar-refractivity contribution is -0.359. The van der Waals surface area contributed by atoms with Crippen LogP contribution in [-0.2, 0) is 23.7 Å². The van der Waals surface area contributed by atoms with Gasteiger partial charge < -0.3 is 65.1 Å². The molecule has 4 unspecified atom stereocenters. The van der Waals surface area contributed by atoms with Crippen molar-refractivity contribution in [1.82, 2.24) is 5.32 Å². The molecule has 2 fully saturated rings. The van der Waals surface area contributed by atoms with Gasteiger partial charge in [0, 0.05) is 6.42 Å². The van der Waals surface area contributed by atoms with Crippen molar-refractivity contribution in [3.8, 4) is 0 Å². The quantitative estimate of drug-likeness (QED) is 0.0204. The highest BCUT2D eigenvalue weighted by atomic mass is 16.7. The van der Waals surface area contributed by atoms with E-state index in [1.54, 1.807) is 6.08 Å². The number of carbonyl (C=O) groups excluding carboxylic acids is 1. The number of nitrogens with one attached hydrogen (secondary N) is 1. The number of carbonyl (C=O) groups is 1. The lowest BCUT2D eigenvalue weighted by atomic mass is 9.97. The molecule has 80 heavy (non-hydrogen) atoms. The normalized spacial score (nSPS) is 24.2. The predicted molar refractivity (Wildman–Crippen MR) is 323 cm³/mol. The van der Waals surface area contributed by atoms with Crippen LogP contribution in [0.4, 0.5) is 0 Å². The minimum Gasteiger partial charge on any atom is -0.394 e. The summed E-state index contributed by atoms with van der Waals surface area (Å²) in [7, 11) is 0. The summed E-state index contributed by atoms with van der Waals surface area (Å²) < 4.78 is 22.8. The molecule has 12 atom stereocenters. The van der Waals surface area contributed by atoms with Crippen LogP contribution < -0.4 is 5.32 Å². The molecule has 2 saturated heterocycles. The van der Waals surface area contributed by atoms with Crippen molar-refractivity contribution < 1.29 is 64.6 Å². The van der Waals surface area contributed by atoms with E-state index >= 15 is 0 Å². The van der Waals surface area contributed by atoms with Crippen LogP contribution in [0.3, 0.4) is 0 Å². The van der Waals surface area contributed by atoms with Crippen LogP contribution in [0.25, 0.3) is 0 Å². The standard InChI is InChI=1S/C66H127NO13/c1-3-5-7-9-11-13-15-17-18-19-20-21-22-23-24-25-26-27-28-29-30-31-32-33-34-35-36-37-38-40-42-44-46-48-50-58(71)67-54(55(70)49-47-45-43-41-39-16-14-12-10-8-6-4-2)53-77-65-63(76)61(74)64(57(52-69)79-65)80-66-62(75)60(73)59(72)56(51-68)78-66/h47,49,54-57,59-66,68-70,72-76H,3-46,48,50-53H2,1-2H3,(H,67,71)/b49-47+/t54-,55+,56+,57+,59-,60?,61?,62?,63?,64+,65+,66-/m0/s1. The molecule has 2 rings (SSSR count). The van der Waals surface area contributed by atoms with Gasteiger partial charge in [-0.3, -0.25) is 4.79 Å².